The second kappa shape index (κ2) is 4.47. The molecule has 0 saturated carbocycles. The zero-order valence-electron chi connectivity index (χ0n) is 9.21. The third kappa shape index (κ3) is 4.28. The van der Waals surface area contributed by atoms with Crippen molar-refractivity contribution in [1.82, 2.24) is 0 Å². The average Bonchev–Trinajstić information content (AvgIpc) is 2.06. The molecule has 0 bridgehead atoms. The molecule has 0 fully saturated rings. The van der Waals surface area contributed by atoms with E-state index in [2.05, 4.69) is 20.8 Å². The van der Waals surface area contributed by atoms with Crippen LogP contribution in [0.1, 0.15) is 26.3 Å². The minimum Gasteiger partial charge on any atom is -0.399 e. The van der Waals surface area contributed by atoms with Crippen molar-refractivity contribution in [3.63, 3.8) is 0 Å². The number of hydrogen-bond acceptors (Lipinski definition) is 2. The zero-order chi connectivity index (χ0) is 10.6. The van der Waals surface area contributed by atoms with Crippen LogP contribution in [0.3, 0.4) is 0 Å². The Bertz CT molecular complexity index is 271. The van der Waals surface area contributed by atoms with Crippen LogP contribution in [0.5, 0.6) is 0 Å². The van der Waals surface area contributed by atoms with Gasteiger partial charge in [-0.1, -0.05) is 12.1 Å². The van der Waals surface area contributed by atoms with Gasteiger partial charge in [-0.3, -0.25) is 0 Å². The fraction of sp³-hybridized carbons (Fsp3) is 0.500. The van der Waals surface area contributed by atoms with E-state index in [9.17, 15) is 0 Å². The van der Waals surface area contributed by atoms with Crippen molar-refractivity contribution in [2.24, 2.45) is 0 Å². The standard InChI is InChI=1S/C12H19NO/c1-12(2,3)14-9-8-10-4-6-11(13)7-5-10/h4-7H,8-9,13H2,1-3H3. The van der Waals surface area contributed by atoms with Gasteiger partial charge in [0.25, 0.3) is 0 Å². The summed E-state index contributed by atoms with van der Waals surface area (Å²) in [6.07, 6.45) is 0.942. The predicted molar refractivity (Wildman–Crippen MR) is 60.3 cm³/mol. The van der Waals surface area contributed by atoms with Crippen LogP contribution < -0.4 is 5.73 Å². The fourth-order valence-corrected chi connectivity index (χ4v) is 1.16. The molecule has 0 aliphatic carbocycles. The quantitative estimate of drug-likeness (QED) is 0.749. The first-order valence-electron chi connectivity index (χ1n) is 4.96. The maximum absolute atomic E-state index is 5.63. The van der Waals surface area contributed by atoms with Crippen molar-refractivity contribution in [2.45, 2.75) is 32.8 Å². The molecule has 0 aromatic heterocycles. The van der Waals surface area contributed by atoms with E-state index in [4.69, 9.17) is 10.5 Å². The van der Waals surface area contributed by atoms with E-state index >= 15 is 0 Å². The smallest absolute Gasteiger partial charge is 0.0598 e. The van der Waals surface area contributed by atoms with Gasteiger partial charge in [-0.2, -0.15) is 0 Å². The van der Waals surface area contributed by atoms with Gasteiger partial charge in [0.2, 0.25) is 0 Å². The lowest BCUT2D eigenvalue weighted by Gasteiger charge is -2.19. The first-order valence-corrected chi connectivity index (χ1v) is 4.96. The van der Waals surface area contributed by atoms with Gasteiger partial charge >= 0.3 is 0 Å². The molecule has 14 heavy (non-hydrogen) atoms. The molecular formula is C12H19NO. The van der Waals surface area contributed by atoms with Gasteiger partial charge < -0.3 is 10.5 Å². The predicted octanol–water partition coefficient (Wildman–Crippen LogP) is 2.63. The minimum absolute atomic E-state index is 0.0478. The van der Waals surface area contributed by atoms with Gasteiger partial charge in [0.05, 0.1) is 12.2 Å². The number of benzene rings is 1. The number of anilines is 1. The highest BCUT2D eigenvalue weighted by molar-refractivity contribution is 5.39. The molecule has 2 N–H and O–H groups in total. The molecule has 0 saturated heterocycles. The number of nitrogen functional groups attached to an aromatic ring is 1. The summed E-state index contributed by atoms with van der Waals surface area (Å²) in [5.41, 5.74) is 7.62. The fourth-order valence-electron chi connectivity index (χ4n) is 1.16. The first kappa shape index (κ1) is 11.1. The summed E-state index contributed by atoms with van der Waals surface area (Å²) in [6, 6.07) is 7.93. The van der Waals surface area contributed by atoms with Crippen LogP contribution in [0.4, 0.5) is 5.69 Å². The Morgan fingerprint density at radius 3 is 2.21 bits per heavy atom. The number of hydrogen-bond donors (Lipinski definition) is 1. The van der Waals surface area contributed by atoms with Crippen molar-refractivity contribution >= 4 is 5.69 Å². The molecule has 78 valence electrons. The zero-order valence-corrected chi connectivity index (χ0v) is 9.21. The molecule has 0 radical (unpaired) electrons. The van der Waals surface area contributed by atoms with E-state index in [-0.39, 0.29) is 5.60 Å². The molecule has 0 heterocycles. The SMILES string of the molecule is CC(C)(C)OCCc1ccc(N)cc1. The summed E-state index contributed by atoms with van der Waals surface area (Å²) in [7, 11) is 0. The second-order valence-corrected chi connectivity index (χ2v) is 4.45. The summed E-state index contributed by atoms with van der Waals surface area (Å²) in [6.45, 7) is 6.95. The number of ether oxygens (including phenoxy) is 1. The second-order valence-electron chi connectivity index (χ2n) is 4.45. The molecule has 1 rings (SSSR count). The Balaban J connectivity index is 2.35. The molecule has 0 spiro atoms. The van der Waals surface area contributed by atoms with Crippen molar-refractivity contribution in [2.75, 3.05) is 12.3 Å². The molecule has 2 nitrogen and oxygen atoms in total. The maximum atomic E-state index is 5.63. The highest BCUT2D eigenvalue weighted by atomic mass is 16.5. The molecule has 2 heteroatoms. The first-order chi connectivity index (χ1) is 6.47. The van der Waals surface area contributed by atoms with E-state index in [1.807, 2.05) is 24.3 Å². The van der Waals surface area contributed by atoms with Crippen LogP contribution >= 0.6 is 0 Å². The van der Waals surface area contributed by atoms with Gasteiger partial charge in [-0.05, 0) is 44.9 Å². The summed E-state index contributed by atoms with van der Waals surface area (Å²) in [4.78, 5) is 0. The third-order valence-corrected chi connectivity index (χ3v) is 1.91. The minimum atomic E-state index is -0.0478. The normalized spacial score (nSPS) is 11.6. The molecule has 0 amide bonds. The van der Waals surface area contributed by atoms with E-state index in [1.165, 1.54) is 5.56 Å². The van der Waals surface area contributed by atoms with Crippen LogP contribution in [0.15, 0.2) is 24.3 Å². The third-order valence-electron chi connectivity index (χ3n) is 1.91. The molecule has 1 aromatic carbocycles. The van der Waals surface area contributed by atoms with Crippen molar-refractivity contribution in [3.8, 4) is 0 Å². The Morgan fingerprint density at radius 1 is 1.14 bits per heavy atom. The van der Waals surface area contributed by atoms with Crippen molar-refractivity contribution < 1.29 is 4.74 Å². The number of nitrogens with two attached hydrogens (primary N) is 1. The van der Waals surface area contributed by atoms with E-state index in [1.54, 1.807) is 0 Å². The van der Waals surface area contributed by atoms with Crippen LogP contribution in [0, 0.1) is 0 Å². The molecule has 1 aromatic rings. The highest BCUT2D eigenvalue weighted by Crippen LogP contribution is 2.10. The lowest BCUT2D eigenvalue weighted by Crippen LogP contribution is -2.20. The van der Waals surface area contributed by atoms with Crippen LogP contribution in [-0.2, 0) is 11.2 Å². The van der Waals surface area contributed by atoms with Crippen LogP contribution in [0.25, 0.3) is 0 Å². The Hall–Kier alpha value is -1.02. The van der Waals surface area contributed by atoms with E-state index in [0.717, 1.165) is 18.7 Å². The van der Waals surface area contributed by atoms with Gasteiger partial charge in [0.1, 0.15) is 0 Å². The molecule has 0 aliphatic rings. The van der Waals surface area contributed by atoms with E-state index < -0.39 is 0 Å². The van der Waals surface area contributed by atoms with Crippen molar-refractivity contribution in [1.29, 1.82) is 0 Å². The Morgan fingerprint density at radius 2 is 1.71 bits per heavy atom. The highest BCUT2D eigenvalue weighted by Gasteiger charge is 2.08. The summed E-state index contributed by atoms with van der Waals surface area (Å²) in [5.74, 6) is 0. The van der Waals surface area contributed by atoms with Gasteiger partial charge in [-0.25, -0.2) is 0 Å². The van der Waals surface area contributed by atoms with Crippen LogP contribution in [0.2, 0.25) is 0 Å². The van der Waals surface area contributed by atoms with Crippen molar-refractivity contribution in [3.05, 3.63) is 29.8 Å². The lowest BCUT2D eigenvalue weighted by atomic mass is 10.1. The lowest BCUT2D eigenvalue weighted by molar-refractivity contribution is -0.000975. The van der Waals surface area contributed by atoms with Crippen LogP contribution in [-0.4, -0.2) is 12.2 Å². The molecule has 0 unspecified atom stereocenters. The topological polar surface area (TPSA) is 35.2 Å². The van der Waals surface area contributed by atoms with Gasteiger partial charge in [0, 0.05) is 5.69 Å². The monoisotopic (exact) mass is 193 g/mol. The maximum Gasteiger partial charge on any atom is 0.0598 e. The number of rotatable bonds is 3. The Kier molecular flexibility index (Phi) is 3.53. The average molecular weight is 193 g/mol. The van der Waals surface area contributed by atoms with Gasteiger partial charge in [-0.15, -0.1) is 0 Å². The summed E-state index contributed by atoms with van der Waals surface area (Å²) >= 11 is 0. The molecule has 0 aliphatic heterocycles. The molecular weight excluding hydrogens is 174 g/mol. The summed E-state index contributed by atoms with van der Waals surface area (Å²) < 4.78 is 5.63. The Labute approximate surface area is 86.1 Å². The van der Waals surface area contributed by atoms with Gasteiger partial charge in [0.15, 0.2) is 0 Å². The summed E-state index contributed by atoms with van der Waals surface area (Å²) in [5, 5.41) is 0. The van der Waals surface area contributed by atoms with E-state index in [0.29, 0.717) is 0 Å². The largest absolute Gasteiger partial charge is 0.399 e. The molecule has 0 atom stereocenters.